The summed E-state index contributed by atoms with van der Waals surface area (Å²) < 4.78 is 5.25. The van der Waals surface area contributed by atoms with Crippen molar-refractivity contribution in [2.24, 2.45) is 5.92 Å². The van der Waals surface area contributed by atoms with Crippen LogP contribution in [0.4, 0.5) is 5.69 Å². The maximum absolute atomic E-state index is 11.9. The molecule has 1 aliphatic rings. The Kier molecular flexibility index (Phi) is 3.38. The van der Waals surface area contributed by atoms with E-state index in [-0.39, 0.29) is 11.8 Å². The Morgan fingerprint density at radius 1 is 1.59 bits per heavy atom. The molecule has 90 valence electrons. The predicted molar refractivity (Wildman–Crippen MR) is 68.7 cm³/mol. The molecule has 1 aromatic rings. The molecule has 1 aliphatic heterocycles. The molecule has 1 aromatic carbocycles. The summed E-state index contributed by atoms with van der Waals surface area (Å²) in [7, 11) is 1.58. The topological polar surface area (TPSA) is 29.5 Å². The number of amides is 1. The zero-order valence-corrected chi connectivity index (χ0v) is 10.4. The van der Waals surface area contributed by atoms with E-state index in [1.165, 1.54) is 0 Å². The minimum absolute atomic E-state index is 0.0791. The van der Waals surface area contributed by atoms with Crippen molar-refractivity contribution in [1.82, 2.24) is 0 Å². The lowest BCUT2D eigenvalue weighted by Crippen LogP contribution is -2.24. The average Bonchev–Trinajstić information content (AvgIpc) is 2.70. The molecule has 0 radical (unpaired) electrons. The van der Waals surface area contributed by atoms with E-state index in [0.717, 1.165) is 5.69 Å². The van der Waals surface area contributed by atoms with Gasteiger partial charge in [0, 0.05) is 23.9 Å². The standard InChI is InChI=1S/C13H14ClNO2/c1-3-9-6-13(16)15(8-9)11-7-10(14)4-5-12(11)17-2/h3-5,7,9H,1,6,8H2,2H3. The van der Waals surface area contributed by atoms with Crippen molar-refractivity contribution in [3.8, 4) is 5.75 Å². The van der Waals surface area contributed by atoms with Crippen LogP contribution in [0, 0.1) is 5.92 Å². The van der Waals surface area contributed by atoms with E-state index in [4.69, 9.17) is 16.3 Å². The van der Waals surface area contributed by atoms with Gasteiger partial charge in [0.2, 0.25) is 5.91 Å². The summed E-state index contributed by atoms with van der Waals surface area (Å²) >= 11 is 5.96. The summed E-state index contributed by atoms with van der Waals surface area (Å²) in [6.07, 6.45) is 2.31. The monoisotopic (exact) mass is 251 g/mol. The molecule has 1 saturated heterocycles. The highest BCUT2D eigenvalue weighted by Gasteiger charge is 2.30. The number of methoxy groups -OCH3 is 1. The molecule has 0 aliphatic carbocycles. The van der Waals surface area contributed by atoms with E-state index in [0.29, 0.717) is 23.7 Å². The van der Waals surface area contributed by atoms with Gasteiger partial charge in [0.1, 0.15) is 5.75 Å². The maximum Gasteiger partial charge on any atom is 0.227 e. The van der Waals surface area contributed by atoms with Crippen molar-refractivity contribution in [3.63, 3.8) is 0 Å². The Morgan fingerprint density at radius 2 is 2.35 bits per heavy atom. The molecule has 2 rings (SSSR count). The lowest BCUT2D eigenvalue weighted by molar-refractivity contribution is -0.117. The van der Waals surface area contributed by atoms with Crippen molar-refractivity contribution >= 4 is 23.2 Å². The number of hydrogen-bond donors (Lipinski definition) is 0. The van der Waals surface area contributed by atoms with Crippen LogP contribution in [0.3, 0.4) is 0 Å². The minimum Gasteiger partial charge on any atom is -0.495 e. The SMILES string of the molecule is C=CC1CC(=O)N(c2cc(Cl)ccc2OC)C1. The first kappa shape index (κ1) is 12.0. The van der Waals surface area contributed by atoms with Crippen LogP contribution in [0.1, 0.15) is 6.42 Å². The second-order valence-electron chi connectivity index (χ2n) is 4.02. The van der Waals surface area contributed by atoms with E-state index < -0.39 is 0 Å². The van der Waals surface area contributed by atoms with Gasteiger partial charge < -0.3 is 9.64 Å². The quantitative estimate of drug-likeness (QED) is 0.773. The largest absolute Gasteiger partial charge is 0.495 e. The third-order valence-corrected chi connectivity index (χ3v) is 3.16. The van der Waals surface area contributed by atoms with Crippen LogP contribution >= 0.6 is 11.6 Å². The first-order chi connectivity index (χ1) is 8.15. The third-order valence-electron chi connectivity index (χ3n) is 2.92. The van der Waals surface area contributed by atoms with E-state index in [1.807, 2.05) is 6.08 Å². The molecular weight excluding hydrogens is 238 g/mol. The van der Waals surface area contributed by atoms with Crippen LogP contribution in [-0.2, 0) is 4.79 Å². The number of benzene rings is 1. The number of nitrogens with zero attached hydrogens (tertiary/aromatic N) is 1. The number of hydrogen-bond acceptors (Lipinski definition) is 2. The Morgan fingerprint density at radius 3 is 2.94 bits per heavy atom. The highest BCUT2D eigenvalue weighted by molar-refractivity contribution is 6.31. The van der Waals surface area contributed by atoms with Crippen molar-refractivity contribution < 1.29 is 9.53 Å². The van der Waals surface area contributed by atoms with Gasteiger partial charge in [-0.3, -0.25) is 4.79 Å². The van der Waals surface area contributed by atoms with Gasteiger partial charge in [-0.1, -0.05) is 17.7 Å². The Hall–Kier alpha value is -1.48. The molecule has 1 atom stereocenters. The average molecular weight is 252 g/mol. The van der Waals surface area contributed by atoms with Gasteiger partial charge in [0.25, 0.3) is 0 Å². The predicted octanol–water partition coefficient (Wildman–Crippen LogP) is 2.89. The summed E-state index contributed by atoms with van der Waals surface area (Å²) in [6.45, 7) is 4.37. The lowest BCUT2D eigenvalue weighted by Gasteiger charge is -2.19. The van der Waals surface area contributed by atoms with Crippen LogP contribution in [0.2, 0.25) is 5.02 Å². The van der Waals surface area contributed by atoms with Gasteiger partial charge in [-0.15, -0.1) is 6.58 Å². The van der Waals surface area contributed by atoms with Crippen molar-refractivity contribution in [2.45, 2.75) is 6.42 Å². The summed E-state index contributed by atoms with van der Waals surface area (Å²) in [5.41, 5.74) is 0.731. The number of carbonyl (C=O) groups excluding carboxylic acids is 1. The number of rotatable bonds is 3. The van der Waals surface area contributed by atoms with E-state index in [2.05, 4.69) is 6.58 Å². The van der Waals surface area contributed by atoms with Gasteiger partial charge >= 0.3 is 0 Å². The molecular formula is C13H14ClNO2. The fourth-order valence-electron chi connectivity index (χ4n) is 2.00. The van der Waals surface area contributed by atoms with Crippen LogP contribution < -0.4 is 9.64 Å². The molecule has 0 saturated carbocycles. The summed E-state index contributed by atoms with van der Waals surface area (Å²) in [4.78, 5) is 13.6. The first-order valence-electron chi connectivity index (χ1n) is 5.42. The summed E-state index contributed by atoms with van der Waals surface area (Å²) in [5.74, 6) is 0.939. The fraction of sp³-hybridized carbons (Fsp3) is 0.308. The summed E-state index contributed by atoms with van der Waals surface area (Å²) in [6, 6.07) is 5.27. The van der Waals surface area contributed by atoms with Gasteiger partial charge in [-0.2, -0.15) is 0 Å². The molecule has 0 bridgehead atoms. The van der Waals surface area contributed by atoms with Gasteiger partial charge in [-0.25, -0.2) is 0 Å². The molecule has 0 spiro atoms. The normalized spacial score (nSPS) is 19.5. The second-order valence-corrected chi connectivity index (χ2v) is 4.46. The Bertz CT molecular complexity index is 459. The molecule has 0 aromatic heterocycles. The van der Waals surface area contributed by atoms with Gasteiger partial charge in [0.05, 0.1) is 12.8 Å². The van der Waals surface area contributed by atoms with E-state index >= 15 is 0 Å². The zero-order valence-electron chi connectivity index (χ0n) is 9.65. The number of carbonyl (C=O) groups is 1. The molecule has 3 nitrogen and oxygen atoms in total. The molecule has 0 N–H and O–H groups in total. The fourth-order valence-corrected chi connectivity index (χ4v) is 2.17. The summed E-state index contributed by atoms with van der Waals surface area (Å²) in [5, 5.41) is 0.593. The van der Waals surface area contributed by atoms with E-state index in [9.17, 15) is 4.79 Å². The van der Waals surface area contributed by atoms with Crippen LogP contribution in [0.5, 0.6) is 5.75 Å². The minimum atomic E-state index is 0.0791. The van der Waals surface area contributed by atoms with Crippen molar-refractivity contribution in [3.05, 3.63) is 35.9 Å². The zero-order chi connectivity index (χ0) is 12.4. The van der Waals surface area contributed by atoms with E-state index in [1.54, 1.807) is 30.2 Å². The van der Waals surface area contributed by atoms with Crippen molar-refractivity contribution in [2.75, 3.05) is 18.6 Å². The smallest absolute Gasteiger partial charge is 0.227 e. The molecule has 1 heterocycles. The van der Waals surface area contributed by atoms with Crippen molar-refractivity contribution in [1.29, 1.82) is 0 Å². The number of halogens is 1. The Labute approximate surface area is 106 Å². The molecule has 1 amide bonds. The second kappa shape index (κ2) is 4.80. The van der Waals surface area contributed by atoms with Gasteiger partial charge in [0.15, 0.2) is 0 Å². The number of anilines is 1. The third kappa shape index (κ3) is 2.29. The molecule has 17 heavy (non-hydrogen) atoms. The van der Waals surface area contributed by atoms with Gasteiger partial charge in [-0.05, 0) is 18.2 Å². The maximum atomic E-state index is 11.9. The molecule has 4 heteroatoms. The Balaban J connectivity index is 2.36. The highest BCUT2D eigenvalue weighted by Crippen LogP contribution is 2.35. The van der Waals surface area contributed by atoms with Crippen LogP contribution in [0.15, 0.2) is 30.9 Å². The molecule has 1 unspecified atom stereocenters. The molecule has 1 fully saturated rings. The lowest BCUT2D eigenvalue weighted by atomic mass is 10.1. The van der Waals surface area contributed by atoms with Crippen LogP contribution in [-0.4, -0.2) is 19.6 Å². The highest BCUT2D eigenvalue weighted by atomic mass is 35.5. The first-order valence-corrected chi connectivity index (χ1v) is 5.80. The number of ether oxygens (including phenoxy) is 1. The van der Waals surface area contributed by atoms with Crippen LogP contribution in [0.25, 0.3) is 0 Å².